The normalized spacial score (nSPS) is 10.4. The summed E-state index contributed by atoms with van der Waals surface area (Å²) in [6, 6.07) is 24.6. The van der Waals surface area contributed by atoms with Crippen LogP contribution in [0, 0.1) is 6.92 Å². The molecule has 3 aromatic rings. The van der Waals surface area contributed by atoms with E-state index in [9.17, 15) is 0 Å². The molecule has 0 aliphatic rings. The number of nitrogens with one attached hydrogen (secondary N) is 1. The fourth-order valence-corrected chi connectivity index (χ4v) is 2.46. The van der Waals surface area contributed by atoms with Crippen LogP contribution in [0.5, 0.6) is 0 Å². The van der Waals surface area contributed by atoms with Crippen molar-refractivity contribution in [2.45, 2.75) is 6.92 Å². The lowest BCUT2D eigenvalue weighted by molar-refractivity contribution is 1.43. The molecule has 0 fully saturated rings. The predicted molar refractivity (Wildman–Crippen MR) is 91.3 cm³/mol. The zero-order chi connectivity index (χ0) is 14.7. The van der Waals surface area contributed by atoms with Crippen LogP contribution in [0.25, 0.3) is 11.1 Å². The summed E-state index contributed by atoms with van der Waals surface area (Å²) in [6.07, 6.45) is 0. The molecule has 0 aromatic heterocycles. The minimum absolute atomic E-state index is 0.724. The molecule has 0 spiro atoms. The van der Waals surface area contributed by atoms with Gasteiger partial charge in [-0.25, -0.2) is 0 Å². The van der Waals surface area contributed by atoms with Crippen LogP contribution in [0.1, 0.15) is 5.56 Å². The summed E-state index contributed by atoms with van der Waals surface area (Å²) in [4.78, 5) is 0. The summed E-state index contributed by atoms with van der Waals surface area (Å²) in [5.74, 6) is 0. The van der Waals surface area contributed by atoms with Crippen molar-refractivity contribution >= 4 is 23.0 Å². The summed E-state index contributed by atoms with van der Waals surface area (Å²) in [5, 5.41) is 4.14. The van der Waals surface area contributed by atoms with E-state index in [-0.39, 0.29) is 0 Å². The second-order valence-corrected chi connectivity index (χ2v) is 5.41. The van der Waals surface area contributed by atoms with Gasteiger partial charge in [-0.2, -0.15) is 0 Å². The van der Waals surface area contributed by atoms with Gasteiger partial charge in [0.15, 0.2) is 0 Å². The predicted octanol–water partition coefficient (Wildman–Crippen LogP) is 6.06. The lowest BCUT2D eigenvalue weighted by Gasteiger charge is -2.13. The number of rotatable bonds is 3. The molecule has 104 valence electrons. The van der Waals surface area contributed by atoms with Gasteiger partial charge >= 0.3 is 0 Å². The minimum atomic E-state index is 0.724. The second-order valence-electron chi connectivity index (χ2n) is 5.00. The first kappa shape index (κ1) is 13.7. The first-order valence-electron chi connectivity index (χ1n) is 6.92. The van der Waals surface area contributed by atoms with E-state index >= 15 is 0 Å². The van der Waals surface area contributed by atoms with Crippen LogP contribution in [-0.4, -0.2) is 0 Å². The Morgan fingerprint density at radius 3 is 2.19 bits per heavy atom. The molecular formula is C19H16ClN. The van der Waals surface area contributed by atoms with Crippen molar-refractivity contribution < 1.29 is 0 Å². The van der Waals surface area contributed by atoms with E-state index in [0.717, 1.165) is 16.4 Å². The molecule has 0 atom stereocenters. The molecule has 1 N–H and O–H groups in total. The van der Waals surface area contributed by atoms with Crippen molar-refractivity contribution in [3.8, 4) is 11.1 Å². The van der Waals surface area contributed by atoms with Gasteiger partial charge in [-0.3, -0.25) is 0 Å². The number of benzene rings is 3. The molecule has 3 rings (SSSR count). The van der Waals surface area contributed by atoms with Crippen molar-refractivity contribution in [1.29, 1.82) is 0 Å². The minimum Gasteiger partial charge on any atom is -0.354 e. The standard InChI is InChI=1S/C19H16ClN/c1-14-11-12-16(15-7-3-2-4-8-15)13-19(14)21-18-10-6-5-9-17(18)20/h2-13,21H,1H3. The van der Waals surface area contributed by atoms with Gasteiger partial charge in [0.2, 0.25) is 0 Å². The molecule has 0 amide bonds. The summed E-state index contributed by atoms with van der Waals surface area (Å²) in [7, 11) is 0. The van der Waals surface area contributed by atoms with Gasteiger partial charge in [0, 0.05) is 5.69 Å². The van der Waals surface area contributed by atoms with E-state index in [1.807, 2.05) is 30.3 Å². The molecule has 0 saturated heterocycles. The maximum atomic E-state index is 6.22. The Hall–Kier alpha value is -2.25. The van der Waals surface area contributed by atoms with Crippen LogP contribution < -0.4 is 5.32 Å². The number of hydrogen-bond donors (Lipinski definition) is 1. The Labute approximate surface area is 130 Å². The number of aryl methyl sites for hydroxylation is 1. The van der Waals surface area contributed by atoms with E-state index in [4.69, 9.17) is 11.6 Å². The van der Waals surface area contributed by atoms with E-state index < -0.39 is 0 Å². The first-order chi connectivity index (χ1) is 10.2. The van der Waals surface area contributed by atoms with Gasteiger partial charge in [-0.15, -0.1) is 0 Å². The highest BCUT2D eigenvalue weighted by Crippen LogP contribution is 2.30. The molecule has 2 heteroatoms. The summed E-state index contributed by atoms with van der Waals surface area (Å²) in [6.45, 7) is 2.09. The molecule has 0 heterocycles. The van der Waals surface area contributed by atoms with Crippen molar-refractivity contribution in [3.05, 3.63) is 83.4 Å². The highest BCUT2D eigenvalue weighted by Gasteiger charge is 2.05. The average Bonchev–Trinajstić information content (AvgIpc) is 2.52. The van der Waals surface area contributed by atoms with Gasteiger partial charge in [0.05, 0.1) is 10.7 Å². The van der Waals surface area contributed by atoms with Gasteiger partial charge in [0.1, 0.15) is 0 Å². The average molecular weight is 294 g/mol. The van der Waals surface area contributed by atoms with Crippen LogP contribution in [0.2, 0.25) is 5.02 Å². The molecule has 0 bridgehead atoms. The Morgan fingerprint density at radius 2 is 1.43 bits per heavy atom. The maximum absolute atomic E-state index is 6.22. The van der Waals surface area contributed by atoms with Crippen molar-refractivity contribution in [3.63, 3.8) is 0 Å². The number of hydrogen-bond acceptors (Lipinski definition) is 1. The highest BCUT2D eigenvalue weighted by molar-refractivity contribution is 6.33. The third-order valence-corrected chi connectivity index (χ3v) is 3.82. The van der Waals surface area contributed by atoms with E-state index in [0.29, 0.717) is 0 Å². The van der Waals surface area contributed by atoms with Crippen LogP contribution in [-0.2, 0) is 0 Å². The molecule has 21 heavy (non-hydrogen) atoms. The van der Waals surface area contributed by atoms with E-state index in [1.54, 1.807) is 0 Å². The lowest BCUT2D eigenvalue weighted by atomic mass is 10.0. The Bertz CT molecular complexity index is 751. The first-order valence-corrected chi connectivity index (χ1v) is 7.29. The van der Waals surface area contributed by atoms with Crippen molar-refractivity contribution in [1.82, 2.24) is 0 Å². The Morgan fingerprint density at radius 1 is 0.714 bits per heavy atom. The summed E-state index contributed by atoms with van der Waals surface area (Å²) < 4.78 is 0. The zero-order valence-electron chi connectivity index (χ0n) is 11.8. The molecule has 0 aliphatic carbocycles. The molecule has 1 nitrogen and oxygen atoms in total. The molecule has 0 aliphatic heterocycles. The molecular weight excluding hydrogens is 278 g/mol. The summed E-state index contributed by atoms with van der Waals surface area (Å²) in [5.41, 5.74) is 5.59. The van der Waals surface area contributed by atoms with Crippen molar-refractivity contribution in [2.24, 2.45) is 0 Å². The van der Waals surface area contributed by atoms with Crippen LogP contribution in [0.15, 0.2) is 72.8 Å². The Kier molecular flexibility index (Phi) is 3.94. The second kappa shape index (κ2) is 6.02. The van der Waals surface area contributed by atoms with Crippen LogP contribution >= 0.6 is 11.6 Å². The zero-order valence-corrected chi connectivity index (χ0v) is 12.6. The van der Waals surface area contributed by atoms with Crippen molar-refractivity contribution in [2.75, 3.05) is 5.32 Å². The monoisotopic (exact) mass is 293 g/mol. The topological polar surface area (TPSA) is 12.0 Å². The van der Waals surface area contributed by atoms with Gasteiger partial charge in [-0.05, 0) is 41.8 Å². The third-order valence-electron chi connectivity index (χ3n) is 3.49. The SMILES string of the molecule is Cc1ccc(-c2ccccc2)cc1Nc1ccccc1Cl. The van der Waals surface area contributed by atoms with Crippen LogP contribution in [0.4, 0.5) is 11.4 Å². The molecule has 0 saturated carbocycles. The van der Waals surface area contributed by atoms with Gasteiger partial charge in [-0.1, -0.05) is 66.2 Å². The maximum Gasteiger partial charge on any atom is 0.0640 e. The van der Waals surface area contributed by atoms with E-state index in [2.05, 4.69) is 54.7 Å². The third kappa shape index (κ3) is 3.09. The number of anilines is 2. The largest absolute Gasteiger partial charge is 0.354 e. The fraction of sp³-hybridized carbons (Fsp3) is 0.0526. The summed E-state index contributed by atoms with van der Waals surface area (Å²) >= 11 is 6.22. The molecule has 3 aromatic carbocycles. The highest BCUT2D eigenvalue weighted by atomic mass is 35.5. The smallest absolute Gasteiger partial charge is 0.0640 e. The van der Waals surface area contributed by atoms with Crippen LogP contribution in [0.3, 0.4) is 0 Å². The molecule has 0 radical (unpaired) electrons. The van der Waals surface area contributed by atoms with E-state index in [1.165, 1.54) is 16.7 Å². The number of para-hydroxylation sites is 1. The van der Waals surface area contributed by atoms with Gasteiger partial charge < -0.3 is 5.32 Å². The Balaban J connectivity index is 1.98. The lowest BCUT2D eigenvalue weighted by Crippen LogP contribution is -1.94. The van der Waals surface area contributed by atoms with Gasteiger partial charge in [0.25, 0.3) is 0 Å². The fourth-order valence-electron chi connectivity index (χ4n) is 2.27. The molecule has 0 unspecified atom stereocenters. The number of halogens is 1. The quantitative estimate of drug-likeness (QED) is 0.619.